The number of sulfonamides is 1. The minimum atomic E-state index is -3.71. The van der Waals surface area contributed by atoms with Gasteiger partial charge in [-0.2, -0.15) is 0 Å². The van der Waals surface area contributed by atoms with Crippen molar-refractivity contribution in [2.24, 2.45) is 0 Å². The summed E-state index contributed by atoms with van der Waals surface area (Å²) in [6.45, 7) is 0. The van der Waals surface area contributed by atoms with E-state index in [0.717, 1.165) is 10.4 Å². The molecule has 0 aliphatic rings. The Labute approximate surface area is 152 Å². The number of nitrogens with one attached hydrogen (secondary N) is 1. The average molecular weight is 436 g/mol. The first kappa shape index (κ1) is 18.9. The molecule has 0 heterocycles. The fourth-order valence-corrected chi connectivity index (χ4v) is 3.84. The van der Waals surface area contributed by atoms with Crippen LogP contribution in [0.3, 0.4) is 0 Å². The number of benzene rings is 2. The lowest BCUT2D eigenvalue weighted by Gasteiger charge is -2.14. The Kier molecular flexibility index (Phi) is 5.64. The molecule has 2 aromatic carbocycles. The molecule has 0 fully saturated rings. The van der Waals surface area contributed by atoms with Gasteiger partial charge in [0.05, 0.1) is 9.92 Å². The SMILES string of the molecule is CN(C)S(=O)(=O)c1cc(C(=O)Nc2ccc(F)c(Cl)c2)ccc1Br. The first-order valence-corrected chi connectivity index (χ1v) is 9.22. The summed E-state index contributed by atoms with van der Waals surface area (Å²) in [6.07, 6.45) is 0. The number of amides is 1. The molecule has 0 saturated carbocycles. The van der Waals surface area contributed by atoms with Crippen LogP contribution in [0, 0.1) is 5.82 Å². The summed E-state index contributed by atoms with van der Waals surface area (Å²) in [6, 6.07) is 7.96. The molecule has 1 N–H and O–H groups in total. The zero-order valence-electron chi connectivity index (χ0n) is 12.7. The molecule has 0 saturated heterocycles. The lowest BCUT2D eigenvalue weighted by atomic mass is 10.2. The fourth-order valence-electron chi connectivity index (χ4n) is 1.82. The number of nitrogens with zero attached hydrogens (tertiary/aromatic N) is 1. The maximum absolute atomic E-state index is 13.1. The maximum atomic E-state index is 13.1. The Bertz CT molecular complexity index is 904. The molecule has 24 heavy (non-hydrogen) atoms. The number of hydrogen-bond donors (Lipinski definition) is 1. The Morgan fingerprint density at radius 3 is 2.46 bits per heavy atom. The standard InChI is InChI=1S/C15H13BrClFN2O3S/c1-20(2)24(22,23)14-7-9(3-5-11(14)16)15(21)19-10-4-6-13(18)12(17)8-10/h3-8H,1-2H3,(H,19,21). The monoisotopic (exact) mass is 434 g/mol. The number of rotatable bonds is 4. The quantitative estimate of drug-likeness (QED) is 0.795. The van der Waals surface area contributed by atoms with E-state index < -0.39 is 21.7 Å². The van der Waals surface area contributed by atoms with Gasteiger partial charge in [0.1, 0.15) is 5.82 Å². The van der Waals surface area contributed by atoms with Gasteiger partial charge < -0.3 is 5.32 Å². The van der Waals surface area contributed by atoms with E-state index in [4.69, 9.17) is 11.6 Å². The summed E-state index contributed by atoms with van der Waals surface area (Å²) >= 11 is 8.84. The lowest BCUT2D eigenvalue weighted by Crippen LogP contribution is -2.23. The molecule has 1 amide bonds. The van der Waals surface area contributed by atoms with Gasteiger partial charge in [0.25, 0.3) is 5.91 Å². The van der Waals surface area contributed by atoms with E-state index in [1.165, 1.54) is 44.4 Å². The van der Waals surface area contributed by atoms with E-state index in [0.29, 0.717) is 10.2 Å². The minimum Gasteiger partial charge on any atom is -0.322 e. The van der Waals surface area contributed by atoms with E-state index >= 15 is 0 Å². The fraction of sp³-hybridized carbons (Fsp3) is 0.133. The van der Waals surface area contributed by atoms with Gasteiger partial charge in [0, 0.05) is 29.8 Å². The van der Waals surface area contributed by atoms with Crippen molar-refractivity contribution in [2.45, 2.75) is 4.90 Å². The predicted octanol–water partition coefficient (Wildman–Crippen LogP) is 3.74. The number of carbonyl (C=O) groups is 1. The van der Waals surface area contributed by atoms with Crippen molar-refractivity contribution in [3.63, 3.8) is 0 Å². The van der Waals surface area contributed by atoms with Crippen LogP contribution >= 0.6 is 27.5 Å². The molecule has 0 bridgehead atoms. The zero-order chi connectivity index (χ0) is 18.1. The van der Waals surface area contributed by atoms with Crippen LogP contribution in [-0.2, 0) is 10.0 Å². The number of hydrogen-bond acceptors (Lipinski definition) is 3. The van der Waals surface area contributed by atoms with Gasteiger partial charge in [-0.1, -0.05) is 11.6 Å². The third kappa shape index (κ3) is 3.94. The predicted molar refractivity (Wildman–Crippen MR) is 94.4 cm³/mol. The van der Waals surface area contributed by atoms with E-state index in [9.17, 15) is 17.6 Å². The third-order valence-electron chi connectivity index (χ3n) is 3.13. The maximum Gasteiger partial charge on any atom is 0.255 e. The van der Waals surface area contributed by atoms with Crippen LogP contribution in [0.2, 0.25) is 5.02 Å². The van der Waals surface area contributed by atoms with E-state index in [1.54, 1.807) is 0 Å². The Morgan fingerprint density at radius 2 is 1.88 bits per heavy atom. The van der Waals surface area contributed by atoms with Crippen LogP contribution in [0.1, 0.15) is 10.4 Å². The van der Waals surface area contributed by atoms with Crippen molar-refractivity contribution in [3.8, 4) is 0 Å². The van der Waals surface area contributed by atoms with Crippen molar-refractivity contribution < 1.29 is 17.6 Å². The van der Waals surface area contributed by atoms with Gasteiger partial charge in [0.2, 0.25) is 10.0 Å². The van der Waals surface area contributed by atoms with Crippen molar-refractivity contribution in [1.82, 2.24) is 4.31 Å². The third-order valence-corrected chi connectivity index (χ3v) is 6.23. The molecule has 128 valence electrons. The molecule has 0 spiro atoms. The molecule has 2 aromatic rings. The lowest BCUT2D eigenvalue weighted by molar-refractivity contribution is 0.102. The summed E-state index contributed by atoms with van der Waals surface area (Å²) in [7, 11) is -0.917. The zero-order valence-corrected chi connectivity index (χ0v) is 15.8. The number of carbonyl (C=O) groups excluding carboxylic acids is 1. The van der Waals surface area contributed by atoms with Gasteiger partial charge in [0.15, 0.2) is 0 Å². The highest BCUT2D eigenvalue weighted by molar-refractivity contribution is 9.10. The number of halogens is 3. The molecule has 0 aliphatic carbocycles. The summed E-state index contributed by atoms with van der Waals surface area (Å²) < 4.78 is 39.1. The summed E-state index contributed by atoms with van der Waals surface area (Å²) in [5.41, 5.74) is 0.436. The molecule has 0 unspecified atom stereocenters. The normalized spacial score (nSPS) is 11.6. The second kappa shape index (κ2) is 7.18. The summed E-state index contributed by atoms with van der Waals surface area (Å²) in [5, 5.41) is 2.41. The highest BCUT2D eigenvalue weighted by Crippen LogP contribution is 2.26. The van der Waals surface area contributed by atoms with Crippen LogP contribution in [0.25, 0.3) is 0 Å². The highest BCUT2D eigenvalue weighted by Gasteiger charge is 2.22. The second-order valence-corrected chi connectivity index (χ2v) is 8.40. The smallest absolute Gasteiger partial charge is 0.255 e. The van der Waals surface area contributed by atoms with E-state index in [-0.39, 0.29) is 15.5 Å². The Balaban J connectivity index is 2.35. The van der Waals surface area contributed by atoms with Crippen LogP contribution in [0.4, 0.5) is 10.1 Å². The molecule has 2 rings (SSSR count). The summed E-state index contributed by atoms with van der Waals surface area (Å²) in [4.78, 5) is 12.3. The van der Waals surface area contributed by atoms with Crippen LogP contribution in [0.15, 0.2) is 45.8 Å². The minimum absolute atomic E-state index is 0.0303. The van der Waals surface area contributed by atoms with Crippen molar-refractivity contribution in [3.05, 3.63) is 57.3 Å². The van der Waals surface area contributed by atoms with Gasteiger partial charge in [-0.05, 0) is 52.3 Å². The topological polar surface area (TPSA) is 66.5 Å². The van der Waals surface area contributed by atoms with Crippen LogP contribution in [-0.4, -0.2) is 32.7 Å². The van der Waals surface area contributed by atoms with E-state index in [2.05, 4.69) is 21.2 Å². The van der Waals surface area contributed by atoms with Crippen LogP contribution < -0.4 is 5.32 Å². The average Bonchev–Trinajstić information content (AvgIpc) is 2.51. The Hall–Kier alpha value is -1.48. The summed E-state index contributed by atoms with van der Waals surface area (Å²) in [5.74, 6) is -1.14. The van der Waals surface area contributed by atoms with Crippen molar-refractivity contribution in [1.29, 1.82) is 0 Å². The first-order valence-electron chi connectivity index (χ1n) is 6.61. The molecule has 0 aliphatic heterocycles. The van der Waals surface area contributed by atoms with Gasteiger partial charge in [-0.15, -0.1) is 0 Å². The van der Waals surface area contributed by atoms with E-state index in [1.807, 2.05) is 0 Å². The molecule has 0 atom stereocenters. The molecular formula is C15H13BrClFN2O3S. The van der Waals surface area contributed by atoms with Gasteiger partial charge in [-0.3, -0.25) is 4.79 Å². The van der Waals surface area contributed by atoms with Gasteiger partial charge in [-0.25, -0.2) is 17.1 Å². The van der Waals surface area contributed by atoms with Crippen LogP contribution in [0.5, 0.6) is 0 Å². The molecule has 0 aromatic heterocycles. The molecule has 5 nitrogen and oxygen atoms in total. The molecule has 0 radical (unpaired) electrons. The largest absolute Gasteiger partial charge is 0.322 e. The highest BCUT2D eigenvalue weighted by atomic mass is 79.9. The number of anilines is 1. The molecule has 9 heteroatoms. The Morgan fingerprint density at radius 1 is 1.21 bits per heavy atom. The first-order chi connectivity index (χ1) is 11.1. The van der Waals surface area contributed by atoms with Crippen molar-refractivity contribution in [2.75, 3.05) is 19.4 Å². The van der Waals surface area contributed by atoms with Gasteiger partial charge >= 0.3 is 0 Å². The van der Waals surface area contributed by atoms with Crippen molar-refractivity contribution >= 4 is 49.1 Å². The second-order valence-electron chi connectivity index (χ2n) is 5.02. The molecular weight excluding hydrogens is 423 g/mol.